The van der Waals surface area contributed by atoms with Crippen LogP contribution in [0.1, 0.15) is 5.56 Å². The lowest BCUT2D eigenvalue weighted by atomic mass is 9.93. The Morgan fingerprint density at radius 3 is 3.08 bits per heavy atom. The molecule has 0 saturated carbocycles. The van der Waals surface area contributed by atoms with Crippen molar-refractivity contribution in [1.29, 1.82) is 0 Å². The van der Waals surface area contributed by atoms with E-state index in [1.165, 1.54) is 16.5 Å². The first-order chi connectivity index (χ1) is 12.1. The molecule has 4 rings (SSSR count). The van der Waals surface area contributed by atoms with Crippen LogP contribution in [-0.2, 0) is 11.3 Å². The summed E-state index contributed by atoms with van der Waals surface area (Å²) in [4.78, 5) is 19.1. The first kappa shape index (κ1) is 16.4. The van der Waals surface area contributed by atoms with Crippen molar-refractivity contribution in [3.05, 3.63) is 36.0 Å². The normalized spacial score (nSPS) is 26.1. The monoisotopic (exact) mass is 342 g/mol. The van der Waals surface area contributed by atoms with Gasteiger partial charge in [0.15, 0.2) is 0 Å². The molecule has 0 aliphatic carbocycles. The van der Waals surface area contributed by atoms with Gasteiger partial charge in [0, 0.05) is 69.2 Å². The van der Waals surface area contributed by atoms with Gasteiger partial charge in [-0.05, 0) is 17.7 Å². The van der Waals surface area contributed by atoms with Crippen LogP contribution in [0.15, 0.2) is 30.5 Å². The Kier molecular flexibility index (Phi) is 4.39. The fourth-order valence-electron chi connectivity index (χ4n) is 4.13. The van der Waals surface area contributed by atoms with E-state index in [1.807, 2.05) is 6.20 Å². The van der Waals surface area contributed by atoms with Gasteiger partial charge in [0.05, 0.1) is 12.7 Å². The van der Waals surface area contributed by atoms with Crippen LogP contribution in [0, 0.1) is 11.8 Å². The second-order valence-electron chi connectivity index (χ2n) is 7.43. The number of fused-ring (bicyclic) bond motifs is 2. The number of amides is 2. The van der Waals surface area contributed by atoms with Crippen molar-refractivity contribution in [2.75, 3.05) is 40.3 Å². The zero-order valence-corrected chi connectivity index (χ0v) is 14.9. The van der Waals surface area contributed by atoms with E-state index in [1.54, 1.807) is 19.0 Å². The number of nitrogens with zero attached hydrogens (tertiary/aromatic N) is 2. The molecule has 0 unspecified atom stereocenters. The van der Waals surface area contributed by atoms with E-state index in [2.05, 4.69) is 39.5 Å². The summed E-state index contributed by atoms with van der Waals surface area (Å²) in [5.41, 5.74) is 2.55. The highest BCUT2D eigenvalue weighted by Gasteiger charge is 2.43. The fourth-order valence-corrected chi connectivity index (χ4v) is 4.13. The summed E-state index contributed by atoms with van der Waals surface area (Å²) < 4.78 is 6.01. The van der Waals surface area contributed by atoms with Gasteiger partial charge < -0.3 is 19.9 Å². The molecule has 2 N–H and O–H groups in total. The van der Waals surface area contributed by atoms with E-state index in [9.17, 15) is 4.79 Å². The molecule has 6 nitrogen and oxygen atoms in total. The van der Waals surface area contributed by atoms with E-state index < -0.39 is 0 Å². The van der Waals surface area contributed by atoms with E-state index in [-0.39, 0.29) is 6.03 Å². The van der Waals surface area contributed by atoms with Crippen molar-refractivity contribution < 1.29 is 9.53 Å². The second kappa shape index (κ2) is 6.69. The molecule has 2 aromatic rings. The minimum atomic E-state index is -0.0301. The van der Waals surface area contributed by atoms with Gasteiger partial charge in [-0.3, -0.25) is 4.90 Å². The van der Waals surface area contributed by atoms with Gasteiger partial charge in [-0.2, -0.15) is 0 Å². The summed E-state index contributed by atoms with van der Waals surface area (Å²) in [5, 5.41) is 4.31. The molecule has 2 amide bonds. The highest BCUT2D eigenvalue weighted by molar-refractivity contribution is 5.82. The van der Waals surface area contributed by atoms with Crippen LogP contribution in [-0.4, -0.2) is 67.3 Å². The molecule has 0 bridgehead atoms. The first-order valence-electron chi connectivity index (χ1n) is 8.96. The zero-order valence-electron chi connectivity index (χ0n) is 14.9. The molecule has 6 heteroatoms. The molecule has 2 aliphatic heterocycles. The van der Waals surface area contributed by atoms with Crippen molar-refractivity contribution in [2.24, 2.45) is 11.8 Å². The molecule has 3 heterocycles. The highest BCUT2D eigenvalue weighted by Crippen LogP contribution is 2.34. The van der Waals surface area contributed by atoms with Gasteiger partial charge in [0.2, 0.25) is 0 Å². The van der Waals surface area contributed by atoms with Crippen LogP contribution < -0.4 is 5.32 Å². The summed E-state index contributed by atoms with van der Waals surface area (Å²) in [6.45, 7) is 4.41. The number of carbonyl (C=O) groups excluding carboxylic acids is 1. The van der Waals surface area contributed by atoms with Crippen molar-refractivity contribution in [3.63, 3.8) is 0 Å². The minimum Gasteiger partial charge on any atom is -0.376 e. The molecule has 1 aromatic carbocycles. The number of H-pyrrole nitrogens is 1. The van der Waals surface area contributed by atoms with Crippen LogP contribution in [0.3, 0.4) is 0 Å². The summed E-state index contributed by atoms with van der Waals surface area (Å²) in [6.07, 6.45) is 2.30. The molecule has 2 fully saturated rings. The smallest absolute Gasteiger partial charge is 0.316 e. The first-order valence-corrected chi connectivity index (χ1v) is 8.96. The molecule has 0 radical (unpaired) electrons. The van der Waals surface area contributed by atoms with E-state index >= 15 is 0 Å². The standard InChI is InChI=1S/C19H26N4O2/c1-22(2)19(24)21-8-14-12-25-18-11-23(10-16(14)18)9-13-4-3-5-17-15(13)6-7-20-17/h3-7,14,16,18,20H,8-12H2,1-2H3,(H,21,24)/t14-,16+,18+/m1/s1. The zero-order chi connectivity index (χ0) is 17.4. The number of aromatic nitrogens is 1. The number of carbonyl (C=O) groups is 1. The maximum atomic E-state index is 11.8. The SMILES string of the molecule is CN(C)C(=O)NC[C@@H]1CO[C@H]2CN(Cc3cccc4[nH]ccc34)C[C@@H]12. The number of hydrogen-bond donors (Lipinski definition) is 2. The molecule has 2 saturated heterocycles. The number of nitrogens with one attached hydrogen (secondary N) is 2. The molecule has 134 valence electrons. The molecule has 3 atom stereocenters. The Morgan fingerprint density at radius 2 is 2.24 bits per heavy atom. The van der Waals surface area contributed by atoms with Gasteiger partial charge in [-0.25, -0.2) is 4.79 Å². The maximum absolute atomic E-state index is 11.8. The Morgan fingerprint density at radius 1 is 1.36 bits per heavy atom. The van der Waals surface area contributed by atoms with Crippen LogP contribution in [0.4, 0.5) is 4.79 Å². The van der Waals surface area contributed by atoms with Crippen LogP contribution >= 0.6 is 0 Å². The fraction of sp³-hybridized carbons (Fsp3) is 0.526. The quantitative estimate of drug-likeness (QED) is 0.892. The maximum Gasteiger partial charge on any atom is 0.316 e. The lowest BCUT2D eigenvalue weighted by molar-refractivity contribution is 0.0940. The van der Waals surface area contributed by atoms with E-state index in [0.29, 0.717) is 24.5 Å². The molecule has 1 aromatic heterocycles. The average molecular weight is 342 g/mol. The van der Waals surface area contributed by atoms with Crippen molar-refractivity contribution in [2.45, 2.75) is 12.6 Å². The number of aromatic amines is 1. The second-order valence-corrected chi connectivity index (χ2v) is 7.43. The Labute approximate surface area is 148 Å². The highest BCUT2D eigenvalue weighted by atomic mass is 16.5. The molecule has 2 aliphatic rings. The van der Waals surface area contributed by atoms with Crippen LogP contribution in [0.2, 0.25) is 0 Å². The van der Waals surface area contributed by atoms with E-state index in [0.717, 1.165) is 26.2 Å². The summed E-state index contributed by atoms with van der Waals surface area (Å²) in [5.74, 6) is 0.912. The number of ether oxygens (including phenoxy) is 1. The predicted molar refractivity (Wildman–Crippen MR) is 97.4 cm³/mol. The Bertz CT molecular complexity index is 757. The number of hydrogen-bond acceptors (Lipinski definition) is 3. The summed E-state index contributed by atoms with van der Waals surface area (Å²) in [7, 11) is 3.53. The van der Waals surface area contributed by atoms with Crippen LogP contribution in [0.5, 0.6) is 0 Å². The Balaban J connectivity index is 1.38. The molecule has 25 heavy (non-hydrogen) atoms. The van der Waals surface area contributed by atoms with Gasteiger partial charge in [0.1, 0.15) is 0 Å². The third-order valence-electron chi connectivity index (χ3n) is 5.52. The topological polar surface area (TPSA) is 60.6 Å². The molecular weight excluding hydrogens is 316 g/mol. The molecule has 0 spiro atoms. The number of likely N-dealkylation sites (tertiary alicyclic amines) is 1. The molecular formula is C19H26N4O2. The van der Waals surface area contributed by atoms with Crippen molar-refractivity contribution in [1.82, 2.24) is 20.1 Å². The average Bonchev–Trinajstić information content (AvgIpc) is 3.28. The third-order valence-corrected chi connectivity index (χ3v) is 5.52. The number of rotatable bonds is 4. The largest absolute Gasteiger partial charge is 0.376 e. The van der Waals surface area contributed by atoms with Crippen molar-refractivity contribution >= 4 is 16.9 Å². The van der Waals surface area contributed by atoms with Gasteiger partial charge in [-0.1, -0.05) is 12.1 Å². The minimum absolute atomic E-state index is 0.0301. The summed E-state index contributed by atoms with van der Waals surface area (Å²) >= 11 is 0. The van der Waals surface area contributed by atoms with Gasteiger partial charge >= 0.3 is 6.03 Å². The lowest BCUT2D eigenvalue weighted by Gasteiger charge is -2.21. The van der Waals surface area contributed by atoms with Crippen LogP contribution in [0.25, 0.3) is 10.9 Å². The number of benzene rings is 1. The van der Waals surface area contributed by atoms with Gasteiger partial charge in [-0.15, -0.1) is 0 Å². The Hall–Kier alpha value is -2.05. The predicted octanol–water partition coefficient (Wildman–Crippen LogP) is 1.89. The van der Waals surface area contributed by atoms with Gasteiger partial charge in [0.25, 0.3) is 0 Å². The number of urea groups is 1. The van der Waals surface area contributed by atoms with Crippen molar-refractivity contribution in [3.8, 4) is 0 Å². The third kappa shape index (κ3) is 3.24. The summed E-state index contributed by atoms with van der Waals surface area (Å²) in [6, 6.07) is 8.56. The lowest BCUT2D eigenvalue weighted by Crippen LogP contribution is -2.39. The van der Waals surface area contributed by atoms with E-state index in [4.69, 9.17) is 4.74 Å².